The van der Waals surface area contributed by atoms with Gasteiger partial charge in [-0.05, 0) is 18.2 Å². The quantitative estimate of drug-likeness (QED) is 0.674. The van der Waals surface area contributed by atoms with Crippen molar-refractivity contribution in [3.8, 4) is 22.9 Å². The van der Waals surface area contributed by atoms with Crippen molar-refractivity contribution in [1.29, 1.82) is 0 Å². The van der Waals surface area contributed by atoms with Gasteiger partial charge in [0.1, 0.15) is 0 Å². The molecular formula is C9H10N4O2. The number of anilines is 1. The maximum absolute atomic E-state index is 9.54. The summed E-state index contributed by atoms with van der Waals surface area (Å²) in [5.41, 5.74) is 6.06. The highest BCUT2D eigenvalue weighted by Crippen LogP contribution is 2.29. The summed E-state index contributed by atoms with van der Waals surface area (Å²) in [5, 5.41) is 15.9. The number of phenolic OH excluding ortho intramolecular Hbond substituents is 1. The smallest absolute Gasteiger partial charge is 0.239 e. The summed E-state index contributed by atoms with van der Waals surface area (Å²) in [6.07, 6.45) is 0. The van der Waals surface area contributed by atoms with Gasteiger partial charge in [-0.2, -0.15) is 4.98 Å². The Balaban J connectivity index is 2.42. The molecule has 4 N–H and O–H groups in total. The lowest BCUT2D eigenvalue weighted by Gasteiger charge is -2.03. The van der Waals surface area contributed by atoms with E-state index in [0.29, 0.717) is 17.1 Å². The Morgan fingerprint density at radius 2 is 2.27 bits per heavy atom. The van der Waals surface area contributed by atoms with Crippen molar-refractivity contribution in [2.24, 2.45) is 0 Å². The van der Waals surface area contributed by atoms with Crippen LogP contribution >= 0.6 is 0 Å². The first kappa shape index (κ1) is 9.32. The average Bonchev–Trinajstić information content (AvgIpc) is 2.65. The molecule has 78 valence electrons. The number of rotatable bonds is 2. The van der Waals surface area contributed by atoms with Crippen molar-refractivity contribution in [2.45, 2.75) is 0 Å². The molecule has 6 heteroatoms. The second kappa shape index (κ2) is 3.49. The van der Waals surface area contributed by atoms with Crippen LogP contribution in [0.25, 0.3) is 11.4 Å². The summed E-state index contributed by atoms with van der Waals surface area (Å²) < 4.78 is 4.92. The van der Waals surface area contributed by atoms with E-state index in [-0.39, 0.29) is 11.7 Å². The molecule has 0 aliphatic heterocycles. The Bertz CT molecular complexity index is 481. The monoisotopic (exact) mass is 206 g/mol. The first-order chi connectivity index (χ1) is 7.20. The van der Waals surface area contributed by atoms with Crippen LogP contribution in [-0.2, 0) is 0 Å². The number of phenols is 1. The van der Waals surface area contributed by atoms with Crippen LogP contribution in [0, 0.1) is 0 Å². The summed E-state index contributed by atoms with van der Waals surface area (Å²) in [7, 11) is 1.49. The normalized spacial score (nSPS) is 10.2. The van der Waals surface area contributed by atoms with Gasteiger partial charge in [0, 0.05) is 5.56 Å². The van der Waals surface area contributed by atoms with Gasteiger partial charge in [-0.25, -0.2) is 0 Å². The number of nitrogens with two attached hydrogens (primary N) is 1. The Labute approximate surface area is 85.7 Å². The predicted molar refractivity (Wildman–Crippen MR) is 54.4 cm³/mol. The predicted octanol–water partition coefficient (Wildman–Crippen LogP) is 0.768. The standard InChI is InChI=1S/C9H10N4O2/c1-15-7-3-2-5(4-6(7)14)8-11-9(10)13-12-8/h2-4,14H,1H3,(H3,10,11,12,13). The van der Waals surface area contributed by atoms with Crippen molar-refractivity contribution in [1.82, 2.24) is 15.2 Å². The van der Waals surface area contributed by atoms with Crippen molar-refractivity contribution in [3.63, 3.8) is 0 Å². The lowest BCUT2D eigenvalue weighted by atomic mass is 10.2. The fraction of sp³-hybridized carbons (Fsp3) is 0.111. The maximum Gasteiger partial charge on any atom is 0.239 e. The van der Waals surface area contributed by atoms with Crippen LogP contribution < -0.4 is 10.5 Å². The van der Waals surface area contributed by atoms with Crippen LogP contribution in [0.4, 0.5) is 5.95 Å². The lowest BCUT2D eigenvalue weighted by molar-refractivity contribution is 0.373. The molecule has 2 rings (SSSR count). The van der Waals surface area contributed by atoms with Gasteiger partial charge in [0.05, 0.1) is 7.11 Å². The summed E-state index contributed by atoms with van der Waals surface area (Å²) >= 11 is 0. The summed E-state index contributed by atoms with van der Waals surface area (Å²) in [6.45, 7) is 0. The summed E-state index contributed by atoms with van der Waals surface area (Å²) in [5.74, 6) is 1.13. The minimum atomic E-state index is 0.0463. The van der Waals surface area contributed by atoms with Gasteiger partial charge < -0.3 is 15.6 Å². The van der Waals surface area contributed by atoms with Crippen molar-refractivity contribution in [2.75, 3.05) is 12.8 Å². The molecule has 0 spiro atoms. The zero-order valence-electron chi connectivity index (χ0n) is 8.06. The van der Waals surface area contributed by atoms with Crippen molar-refractivity contribution in [3.05, 3.63) is 18.2 Å². The fourth-order valence-electron chi connectivity index (χ4n) is 1.24. The van der Waals surface area contributed by atoms with E-state index in [1.807, 2.05) is 0 Å². The Morgan fingerprint density at radius 3 is 2.80 bits per heavy atom. The zero-order valence-corrected chi connectivity index (χ0v) is 8.06. The number of nitrogen functional groups attached to an aromatic ring is 1. The molecule has 0 saturated heterocycles. The molecule has 0 radical (unpaired) electrons. The number of hydrogen-bond acceptors (Lipinski definition) is 5. The molecule has 2 aromatic rings. The van der Waals surface area contributed by atoms with Gasteiger partial charge in [-0.3, -0.25) is 5.10 Å². The van der Waals surface area contributed by atoms with E-state index in [1.54, 1.807) is 12.1 Å². The highest BCUT2D eigenvalue weighted by atomic mass is 16.5. The van der Waals surface area contributed by atoms with Crippen LogP contribution in [0.5, 0.6) is 11.5 Å². The van der Waals surface area contributed by atoms with E-state index in [1.165, 1.54) is 13.2 Å². The molecule has 1 aromatic heterocycles. The number of nitrogens with one attached hydrogen (secondary N) is 1. The first-order valence-corrected chi connectivity index (χ1v) is 4.26. The molecule has 0 saturated carbocycles. The van der Waals surface area contributed by atoms with Gasteiger partial charge in [-0.1, -0.05) is 0 Å². The molecular weight excluding hydrogens is 196 g/mol. The molecule has 1 aromatic carbocycles. The van der Waals surface area contributed by atoms with E-state index in [4.69, 9.17) is 10.5 Å². The third-order valence-corrected chi connectivity index (χ3v) is 1.95. The van der Waals surface area contributed by atoms with E-state index < -0.39 is 0 Å². The van der Waals surface area contributed by atoms with Crippen LogP contribution in [0.3, 0.4) is 0 Å². The van der Waals surface area contributed by atoms with E-state index in [0.717, 1.165) is 0 Å². The second-order valence-electron chi connectivity index (χ2n) is 2.93. The molecule has 15 heavy (non-hydrogen) atoms. The van der Waals surface area contributed by atoms with E-state index in [2.05, 4.69) is 15.2 Å². The third-order valence-electron chi connectivity index (χ3n) is 1.95. The number of H-pyrrole nitrogens is 1. The fourth-order valence-corrected chi connectivity index (χ4v) is 1.24. The minimum Gasteiger partial charge on any atom is -0.504 e. The molecule has 0 unspecified atom stereocenters. The van der Waals surface area contributed by atoms with Crippen molar-refractivity contribution >= 4 is 5.95 Å². The molecule has 0 atom stereocenters. The Hall–Kier alpha value is -2.24. The molecule has 1 heterocycles. The molecule has 0 fully saturated rings. The summed E-state index contributed by atoms with van der Waals surface area (Å²) in [4.78, 5) is 3.94. The number of hydrogen-bond donors (Lipinski definition) is 3. The number of aromatic nitrogens is 3. The topological polar surface area (TPSA) is 97.0 Å². The molecule has 0 aliphatic carbocycles. The summed E-state index contributed by atoms with van der Waals surface area (Å²) in [6, 6.07) is 4.92. The highest BCUT2D eigenvalue weighted by molar-refractivity contribution is 5.61. The first-order valence-electron chi connectivity index (χ1n) is 4.26. The van der Waals surface area contributed by atoms with Gasteiger partial charge in [0.25, 0.3) is 0 Å². The van der Waals surface area contributed by atoms with Crippen LogP contribution in [-0.4, -0.2) is 27.4 Å². The number of methoxy groups -OCH3 is 1. The van der Waals surface area contributed by atoms with Crippen LogP contribution in [0.1, 0.15) is 0 Å². The number of ether oxygens (including phenoxy) is 1. The minimum absolute atomic E-state index is 0.0463. The number of aromatic amines is 1. The number of aromatic hydroxyl groups is 1. The van der Waals surface area contributed by atoms with E-state index in [9.17, 15) is 5.11 Å². The lowest BCUT2D eigenvalue weighted by Crippen LogP contribution is -1.87. The maximum atomic E-state index is 9.54. The van der Waals surface area contributed by atoms with Crippen molar-refractivity contribution < 1.29 is 9.84 Å². The molecule has 6 nitrogen and oxygen atoms in total. The Kier molecular flexibility index (Phi) is 2.17. The highest BCUT2D eigenvalue weighted by Gasteiger charge is 2.07. The molecule has 0 amide bonds. The van der Waals surface area contributed by atoms with E-state index >= 15 is 0 Å². The largest absolute Gasteiger partial charge is 0.504 e. The third kappa shape index (κ3) is 1.69. The zero-order chi connectivity index (χ0) is 10.8. The number of nitrogens with zero attached hydrogens (tertiary/aromatic N) is 2. The molecule has 0 aliphatic rings. The van der Waals surface area contributed by atoms with Gasteiger partial charge >= 0.3 is 0 Å². The van der Waals surface area contributed by atoms with Gasteiger partial charge in [-0.15, -0.1) is 5.10 Å². The molecule has 0 bridgehead atoms. The second-order valence-corrected chi connectivity index (χ2v) is 2.93. The van der Waals surface area contributed by atoms with Crippen LogP contribution in [0.15, 0.2) is 18.2 Å². The van der Waals surface area contributed by atoms with Gasteiger partial charge in [0.15, 0.2) is 17.3 Å². The van der Waals surface area contributed by atoms with Gasteiger partial charge in [0.2, 0.25) is 5.95 Å². The number of benzene rings is 1. The average molecular weight is 206 g/mol. The SMILES string of the molecule is COc1ccc(-c2nc(N)n[nH]2)cc1O. The van der Waals surface area contributed by atoms with Crippen LogP contribution in [0.2, 0.25) is 0 Å². The Morgan fingerprint density at radius 1 is 1.47 bits per heavy atom.